The molecule has 0 radical (unpaired) electrons. The molecule has 0 atom stereocenters. The molecule has 0 amide bonds. The minimum absolute atomic E-state index is 0.468. The summed E-state index contributed by atoms with van der Waals surface area (Å²) in [5.74, 6) is 0.708. The lowest BCUT2D eigenvalue weighted by Gasteiger charge is -2.36. The first-order valence-corrected chi connectivity index (χ1v) is 5.65. The van der Waals surface area contributed by atoms with Crippen molar-refractivity contribution >= 4 is 11.5 Å². The summed E-state index contributed by atoms with van der Waals surface area (Å²) in [4.78, 5) is 6.27. The molecular formula is C12H16N4O. The number of rotatable bonds is 1. The molecule has 1 aliphatic rings. The van der Waals surface area contributed by atoms with Crippen LogP contribution in [-0.2, 0) is 0 Å². The van der Waals surface area contributed by atoms with Crippen molar-refractivity contribution in [3.63, 3.8) is 0 Å². The van der Waals surface area contributed by atoms with Gasteiger partial charge in [0.25, 0.3) is 0 Å². The minimum atomic E-state index is -0.585. The molecule has 0 saturated carbocycles. The first-order chi connectivity index (χ1) is 8.02. The molecular weight excluding hydrogens is 216 g/mol. The molecule has 1 saturated heterocycles. The number of pyridine rings is 1. The molecule has 0 aliphatic carbocycles. The summed E-state index contributed by atoms with van der Waals surface area (Å²) in [6.07, 6.45) is 2.93. The lowest BCUT2D eigenvalue weighted by molar-refractivity contribution is 0.0350. The Hall–Kier alpha value is -1.80. The maximum Gasteiger partial charge on any atom is 0.151 e. The van der Waals surface area contributed by atoms with Crippen LogP contribution in [0.3, 0.4) is 0 Å². The van der Waals surface area contributed by atoms with Gasteiger partial charge in [-0.25, -0.2) is 4.98 Å². The van der Waals surface area contributed by atoms with Crippen LogP contribution >= 0.6 is 0 Å². The monoisotopic (exact) mass is 232 g/mol. The Morgan fingerprint density at radius 1 is 1.53 bits per heavy atom. The molecule has 1 aliphatic heterocycles. The highest BCUT2D eigenvalue weighted by molar-refractivity contribution is 5.64. The molecule has 0 aromatic carbocycles. The number of nitrogens with two attached hydrogens (primary N) is 1. The van der Waals surface area contributed by atoms with Gasteiger partial charge in [0.1, 0.15) is 6.07 Å². The van der Waals surface area contributed by atoms with Gasteiger partial charge in [0.05, 0.1) is 16.9 Å². The predicted octanol–water partition coefficient (Wildman–Crippen LogP) is 0.887. The van der Waals surface area contributed by atoms with Crippen molar-refractivity contribution in [3.05, 3.63) is 17.8 Å². The van der Waals surface area contributed by atoms with Crippen LogP contribution in [0.4, 0.5) is 11.5 Å². The standard InChI is InChI=1S/C12H16N4O/c1-12(17)2-4-16(5-3-12)11-10(14)6-9(7-13)8-15-11/h6,8,17H,2-5,14H2,1H3. The number of hydrogen-bond donors (Lipinski definition) is 2. The Morgan fingerprint density at radius 2 is 2.18 bits per heavy atom. The van der Waals surface area contributed by atoms with E-state index >= 15 is 0 Å². The number of aromatic nitrogens is 1. The SMILES string of the molecule is CC1(O)CCN(c2ncc(C#N)cc2N)CC1. The van der Waals surface area contributed by atoms with Gasteiger partial charge >= 0.3 is 0 Å². The average Bonchev–Trinajstić information content (AvgIpc) is 2.29. The van der Waals surface area contributed by atoms with Crippen LogP contribution in [0.2, 0.25) is 0 Å². The second kappa shape index (κ2) is 4.22. The molecule has 1 aromatic rings. The van der Waals surface area contributed by atoms with E-state index in [1.807, 2.05) is 13.0 Å². The molecule has 1 aromatic heterocycles. The Kier molecular flexibility index (Phi) is 2.90. The molecule has 17 heavy (non-hydrogen) atoms. The molecule has 3 N–H and O–H groups in total. The number of hydrogen-bond acceptors (Lipinski definition) is 5. The summed E-state index contributed by atoms with van der Waals surface area (Å²) < 4.78 is 0. The van der Waals surface area contributed by atoms with Gasteiger partial charge < -0.3 is 15.7 Å². The van der Waals surface area contributed by atoms with Crippen LogP contribution in [0.5, 0.6) is 0 Å². The minimum Gasteiger partial charge on any atom is -0.396 e. The van der Waals surface area contributed by atoms with Crippen LogP contribution in [-0.4, -0.2) is 28.8 Å². The normalized spacial score (nSPS) is 18.8. The lowest BCUT2D eigenvalue weighted by Crippen LogP contribution is -2.43. The highest BCUT2D eigenvalue weighted by Gasteiger charge is 2.28. The highest BCUT2D eigenvalue weighted by atomic mass is 16.3. The van der Waals surface area contributed by atoms with Gasteiger partial charge in [-0.15, -0.1) is 0 Å². The first-order valence-electron chi connectivity index (χ1n) is 5.65. The molecule has 0 bridgehead atoms. The van der Waals surface area contributed by atoms with Gasteiger partial charge in [0.2, 0.25) is 0 Å². The van der Waals surface area contributed by atoms with Crippen LogP contribution in [0.1, 0.15) is 25.3 Å². The smallest absolute Gasteiger partial charge is 0.151 e. The Bertz CT molecular complexity index is 454. The molecule has 2 rings (SSSR count). The third-order valence-electron chi connectivity index (χ3n) is 3.16. The number of aliphatic hydroxyl groups is 1. The Labute approximate surface area is 100 Å². The quantitative estimate of drug-likeness (QED) is 0.750. The third kappa shape index (κ3) is 2.48. The highest BCUT2D eigenvalue weighted by Crippen LogP contribution is 2.28. The van der Waals surface area contributed by atoms with E-state index in [0.717, 1.165) is 13.1 Å². The molecule has 0 unspecified atom stereocenters. The van der Waals surface area contributed by atoms with Crippen LogP contribution < -0.4 is 10.6 Å². The molecule has 0 spiro atoms. The fourth-order valence-electron chi connectivity index (χ4n) is 2.00. The van der Waals surface area contributed by atoms with E-state index in [-0.39, 0.29) is 0 Å². The van der Waals surface area contributed by atoms with Crippen LogP contribution in [0.15, 0.2) is 12.3 Å². The second-order valence-corrected chi connectivity index (χ2v) is 4.73. The number of piperidine rings is 1. The van der Waals surface area contributed by atoms with Crippen molar-refractivity contribution in [2.75, 3.05) is 23.7 Å². The zero-order chi connectivity index (χ0) is 12.5. The summed E-state index contributed by atoms with van der Waals surface area (Å²) in [7, 11) is 0. The zero-order valence-corrected chi connectivity index (χ0v) is 9.85. The third-order valence-corrected chi connectivity index (χ3v) is 3.16. The van der Waals surface area contributed by atoms with Gasteiger partial charge in [-0.3, -0.25) is 0 Å². The fourth-order valence-corrected chi connectivity index (χ4v) is 2.00. The maximum absolute atomic E-state index is 9.87. The van der Waals surface area contributed by atoms with Gasteiger partial charge in [-0.2, -0.15) is 5.26 Å². The van der Waals surface area contributed by atoms with Gasteiger partial charge in [-0.1, -0.05) is 0 Å². The van der Waals surface area contributed by atoms with Crippen molar-refractivity contribution in [3.8, 4) is 6.07 Å². The summed E-state index contributed by atoms with van der Waals surface area (Å²) in [5.41, 5.74) is 6.28. The number of nitrogen functional groups attached to an aromatic ring is 1. The first kappa shape index (κ1) is 11.7. The van der Waals surface area contributed by atoms with E-state index in [1.165, 1.54) is 6.20 Å². The largest absolute Gasteiger partial charge is 0.396 e. The lowest BCUT2D eigenvalue weighted by atomic mass is 9.94. The molecule has 5 heteroatoms. The number of nitriles is 1. The summed E-state index contributed by atoms with van der Waals surface area (Å²) in [6, 6.07) is 3.64. The maximum atomic E-state index is 9.87. The van der Waals surface area contributed by atoms with E-state index in [1.54, 1.807) is 6.07 Å². The van der Waals surface area contributed by atoms with Crippen LogP contribution in [0, 0.1) is 11.3 Å². The van der Waals surface area contributed by atoms with Crippen LogP contribution in [0.25, 0.3) is 0 Å². The van der Waals surface area contributed by atoms with E-state index in [4.69, 9.17) is 11.0 Å². The van der Waals surface area contributed by atoms with Gasteiger partial charge in [0.15, 0.2) is 5.82 Å². The zero-order valence-electron chi connectivity index (χ0n) is 9.85. The van der Waals surface area contributed by atoms with E-state index < -0.39 is 5.60 Å². The topological polar surface area (TPSA) is 86.2 Å². The summed E-state index contributed by atoms with van der Waals surface area (Å²) in [6.45, 7) is 3.31. The number of nitrogens with zero attached hydrogens (tertiary/aromatic N) is 3. The summed E-state index contributed by atoms with van der Waals surface area (Å²) >= 11 is 0. The van der Waals surface area contributed by atoms with E-state index in [2.05, 4.69) is 9.88 Å². The predicted molar refractivity (Wildman–Crippen MR) is 65.4 cm³/mol. The van der Waals surface area contributed by atoms with Crippen molar-refractivity contribution in [1.29, 1.82) is 5.26 Å². The van der Waals surface area contributed by atoms with Crippen molar-refractivity contribution < 1.29 is 5.11 Å². The van der Waals surface area contributed by atoms with Crippen molar-refractivity contribution in [2.45, 2.75) is 25.4 Å². The second-order valence-electron chi connectivity index (χ2n) is 4.73. The van der Waals surface area contributed by atoms with Gasteiger partial charge in [0, 0.05) is 19.3 Å². The average molecular weight is 232 g/mol. The fraction of sp³-hybridized carbons (Fsp3) is 0.500. The molecule has 90 valence electrons. The molecule has 5 nitrogen and oxygen atoms in total. The van der Waals surface area contributed by atoms with E-state index in [0.29, 0.717) is 29.9 Å². The van der Waals surface area contributed by atoms with Gasteiger partial charge in [-0.05, 0) is 25.8 Å². The van der Waals surface area contributed by atoms with E-state index in [9.17, 15) is 5.11 Å². The Balaban J connectivity index is 2.17. The Morgan fingerprint density at radius 3 is 2.71 bits per heavy atom. The molecule has 2 heterocycles. The van der Waals surface area contributed by atoms with Crippen molar-refractivity contribution in [2.24, 2.45) is 0 Å². The van der Waals surface area contributed by atoms with Crippen molar-refractivity contribution in [1.82, 2.24) is 4.98 Å². The number of anilines is 2. The molecule has 1 fully saturated rings. The summed E-state index contributed by atoms with van der Waals surface area (Å²) in [5, 5.41) is 18.6.